The van der Waals surface area contributed by atoms with Gasteiger partial charge in [0.2, 0.25) is 0 Å². The van der Waals surface area contributed by atoms with Crippen molar-refractivity contribution in [3.05, 3.63) is 24.3 Å². The summed E-state index contributed by atoms with van der Waals surface area (Å²) in [5.41, 5.74) is 0.685. The lowest BCUT2D eigenvalue weighted by Crippen LogP contribution is -2.33. The van der Waals surface area contributed by atoms with Gasteiger partial charge in [-0.2, -0.15) is 0 Å². The predicted molar refractivity (Wildman–Crippen MR) is 88.7 cm³/mol. The minimum atomic E-state index is -3.11. The van der Waals surface area contributed by atoms with Crippen LogP contribution in [0.5, 0.6) is 0 Å². The molecule has 0 heterocycles. The van der Waals surface area contributed by atoms with Gasteiger partial charge in [0, 0.05) is 17.1 Å². The molecule has 2 N–H and O–H groups in total. The van der Waals surface area contributed by atoms with Crippen LogP contribution >= 0.6 is 11.8 Å². The highest BCUT2D eigenvalue weighted by Crippen LogP contribution is 2.18. The first-order valence-electron chi connectivity index (χ1n) is 6.72. The number of anilines is 1. The Morgan fingerprint density at radius 2 is 2.05 bits per heavy atom. The van der Waals surface area contributed by atoms with Crippen molar-refractivity contribution in [2.24, 2.45) is 5.92 Å². The van der Waals surface area contributed by atoms with Gasteiger partial charge in [-0.1, -0.05) is 19.9 Å². The Balaban J connectivity index is 2.41. The number of thioether (sulfide) groups is 1. The molecular weight excluding hydrogens is 308 g/mol. The molecule has 0 aliphatic carbocycles. The molecule has 0 aliphatic rings. The summed E-state index contributed by atoms with van der Waals surface area (Å²) < 4.78 is 23.4. The normalized spacial score (nSPS) is 11.4. The summed E-state index contributed by atoms with van der Waals surface area (Å²) >= 11 is 1.59. The molecule has 0 spiro atoms. The zero-order chi connectivity index (χ0) is 15.9. The van der Waals surface area contributed by atoms with Crippen LogP contribution in [0.25, 0.3) is 0 Å². The van der Waals surface area contributed by atoms with Crippen molar-refractivity contribution >= 4 is 33.3 Å². The van der Waals surface area contributed by atoms with E-state index in [2.05, 4.69) is 10.6 Å². The van der Waals surface area contributed by atoms with Crippen LogP contribution in [0.1, 0.15) is 13.8 Å². The molecule has 0 atom stereocenters. The van der Waals surface area contributed by atoms with Gasteiger partial charge in [0.25, 0.3) is 0 Å². The molecule has 1 aromatic carbocycles. The van der Waals surface area contributed by atoms with E-state index in [0.717, 1.165) is 4.90 Å². The highest BCUT2D eigenvalue weighted by Gasteiger charge is 2.13. The van der Waals surface area contributed by atoms with Gasteiger partial charge in [0.05, 0.1) is 11.5 Å². The van der Waals surface area contributed by atoms with E-state index in [1.807, 2.05) is 38.3 Å². The number of carbonyl (C=O) groups is 1. The molecule has 0 radical (unpaired) electrons. The van der Waals surface area contributed by atoms with Crippen LogP contribution in [-0.2, 0) is 9.84 Å². The maximum Gasteiger partial charge on any atom is 0.319 e. The number of sulfone groups is 1. The molecule has 5 nitrogen and oxygen atoms in total. The van der Waals surface area contributed by atoms with Crippen molar-refractivity contribution in [2.45, 2.75) is 18.7 Å². The summed E-state index contributed by atoms with van der Waals surface area (Å²) in [5.74, 6) is 0.202. The maximum absolute atomic E-state index is 11.7. The van der Waals surface area contributed by atoms with E-state index in [9.17, 15) is 13.2 Å². The Hall–Kier alpha value is -1.21. The van der Waals surface area contributed by atoms with E-state index < -0.39 is 15.9 Å². The minimum Gasteiger partial charge on any atom is -0.337 e. The lowest BCUT2D eigenvalue weighted by Gasteiger charge is -2.10. The van der Waals surface area contributed by atoms with Crippen LogP contribution in [0.15, 0.2) is 29.2 Å². The van der Waals surface area contributed by atoms with Gasteiger partial charge in [-0.05, 0) is 30.4 Å². The summed E-state index contributed by atoms with van der Waals surface area (Å²) in [7, 11) is -3.11. The number of urea groups is 1. The van der Waals surface area contributed by atoms with Gasteiger partial charge in [-0.25, -0.2) is 13.2 Å². The molecule has 2 amide bonds. The highest BCUT2D eigenvalue weighted by molar-refractivity contribution is 7.98. The van der Waals surface area contributed by atoms with Crippen LogP contribution < -0.4 is 10.6 Å². The number of carbonyl (C=O) groups excluding carboxylic acids is 1. The van der Waals surface area contributed by atoms with Crippen molar-refractivity contribution in [1.29, 1.82) is 0 Å². The minimum absolute atomic E-state index is 0.0382. The second-order valence-corrected chi connectivity index (χ2v) is 8.23. The van der Waals surface area contributed by atoms with E-state index in [1.165, 1.54) is 0 Å². The molecule has 1 aromatic rings. The molecule has 0 fully saturated rings. The fourth-order valence-corrected chi connectivity index (χ4v) is 3.84. The first kappa shape index (κ1) is 17.8. The average Bonchev–Trinajstić information content (AvgIpc) is 2.37. The SMILES string of the molecule is CSc1cccc(NC(=O)NCCS(=O)(=O)CC(C)C)c1. The van der Waals surface area contributed by atoms with Crippen LogP contribution in [-0.4, -0.2) is 38.8 Å². The van der Waals surface area contributed by atoms with Gasteiger partial charge >= 0.3 is 6.03 Å². The van der Waals surface area contributed by atoms with Crippen molar-refractivity contribution in [2.75, 3.05) is 29.6 Å². The Labute approximate surface area is 130 Å². The number of amides is 2. The van der Waals surface area contributed by atoms with Crippen LogP contribution in [0.3, 0.4) is 0 Å². The molecular formula is C14H22N2O3S2. The van der Waals surface area contributed by atoms with E-state index in [1.54, 1.807) is 17.8 Å². The van der Waals surface area contributed by atoms with E-state index in [-0.39, 0.29) is 24.0 Å². The zero-order valence-corrected chi connectivity index (χ0v) is 14.2. The Morgan fingerprint density at radius 3 is 2.67 bits per heavy atom. The number of benzene rings is 1. The second-order valence-electron chi connectivity index (χ2n) is 5.12. The third-order valence-corrected chi connectivity index (χ3v) is 5.34. The largest absolute Gasteiger partial charge is 0.337 e. The van der Waals surface area contributed by atoms with Crippen LogP contribution in [0, 0.1) is 5.92 Å². The van der Waals surface area contributed by atoms with Gasteiger partial charge in [0.15, 0.2) is 9.84 Å². The lowest BCUT2D eigenvalue weighted by molar-refractivity contribution is 0.252. The van der Waals surface area contributed by atoms with E-state index >= 15 is 0 Å². The Bertz CT molecular complexity index is 571. The van der Waals surface area contributed by atoms with Crippen molar-refractivity contribution in [3.63, 3.8) is 0 Å². The zero-order valence-electron chi connectivity index (χ0n) is 12.5. The van der Waals surface area contributed by atoms with Crippen molar-refractivity contribution in [3.8, 4) is 0 Å². The summed E-state index contributed by atoms with van der Waals surface area (Å²) in [6.45, 7) is 3.83. The average molecular weight is 330 g/mol. The molecule has 0 unspecified atom stereocenters. The first-order chi connectivity index (χ1) is 9.82. The molecule has 1 rings (SSSR count). The third-order valence-electron chi connectivity index (χ3n) is 2.61. The number of hydrogen-bond acceptors (Lipinski definition) is 4. The summed E-state index contributed by atoms with van der Waals surface area (Å²) in [6, 6.07) is 7.06. The molecule has 0 aromatic heterocycles. The lowest BCUT2D eigenvalue weighted by atomic mass is 10.3. The summed E-state index contributed by atoms with van der Waals surface area (Å²) in [6.07, 6.45) is 1.96. The molecule has 0 bridgehead atoms. The van der Waals surface area contributed by atoms with Crippen LogP contribution in [0.2, 0.25) is 0 Å². The fourth-order valence-electron chi connectivity index (χ4n) is 1.79. The fraction of sp³-hybridized carbons (Fsp3) is 0.500. The monoisotopic (exact) mass is 330 g/mol. The van der Waals surface area contributed by atoms with E-state index in [0.29, 0.717) is 5.69 Å². The van der Waals surface area contributed by atoms with Gasteiger partial charge in [-0.15, -0.1) is 11.8 Å². The van der Waals surface area contributed by atoms with Gasteiger partial charge < -0.3 is 10.6 Å². The summed E-state index contributed by atoms with van der Waals surface area (Å²) in [5, 5.41) is 5.25. The number of hydrogen-bond donors (Lipinski definition) is 2. The molecule has 0 saturated carbocycles. The highest BCUT2D eigenvalue weighted by atomic mass is 32.2. The predicted octanol–water partition coefficient (Wildman–Crippen LogP) is 2.60. The quantitative estimate of drug-likeness (QED) is 0.754. The van der Waals surface area contributed by atoms with Gasteiger partial charge in [0.1, 0.15) is 0 Å². The second kappa shape index (κ2) is 8.29. The number of rotatable bonds is 7. The van der Waals surface area contributed by atoms with Crippen LogP contribution in [0.4, 0.5) is 10.5 Å². The molecule has 0 saturated heterocycles. The Kier molecular flexibility index (Phi) is 7.04. The third kappa shape index (κ3) is 7.38. The molecule has 7 heteroatoms. The smallest absolute Gasteiger partial charge is 0.319 e. The molecule has 118 valence electrons. The maximum atomic E-state index is 11.7. The van der Waals surface area contributed by atoms with Crippen molar-refractivity contribution in [1.82, 2.24) is 5.32 Å². The first-order valence-corrected chi connectivity index (χ1v) is 9.76. The summed E-state index contributed by atoms with van der Waals surface area (Å²) in [4.78, 5) is 12.7. The Morgan fingerprint density at radius 1 is 1.33 bits per heavy atom. The molecule has 0 aliphatic heterocycles. The van der Waals surface area contributed by atoms with E-state index in [4.69, 9.17) is 0 Å². The molecule has 21 heavy (non-hydrogen) atoms. The number of nitrogens with one attached hydrogen (secondary N) is 2. The van der Waals surface area contributed by atoms with Crippen molar-refractivity contribution < 1.29 is 13.2 Å². The standard InChI is InChI=1S/C14H22N2O3S2/c1-11(2)10-21(18,19)8-7-15-14(17)16-12-5-4-6-13(9-12)20-3/h4-6,9,11H,7-8,10H2,1-3H3,(H2,15,16,17). The van der Waals surface area contributed by atoms with Gasteiger partial charge in [-0.3, -0.25) is 0 Å². The topological polar surface area (TPSA) is 75.3 Å².